The monoisotopic (exact) mass is 488 g/mol. The molecule has 0 aliphatic heterocycles. The highest BCUT2D eigenvalue weighted by molar-refractivity contribution is 8.45. The highest BCUT2D eigenvalue weighted by atomic mass is 32.5. The molecule has 1 aromatic heterocycles. The largest absolute Gasteiger partial charge is 0.457 e. The number of nitrogens with one attached hydrogen (secondary N) is 3. The van der Waals surface area contributed by atoms with Crippen LogP contribution in [0.1, 0.15) is 10.5 Å². The van der Waals surface area contributed by atoms with Gasteiger partial charge in [-0.15, -0.1) is 0 Å². The third-order valence-electron chi connectivity index (χ3n) is 4.10. The summed E-state index contributed by atoms with van der Waals surface area (Å²) in [5.41, 5.74) is 0.380. The predicted octanol–water partition coefficient (Wildman–Crippen LogP) is 6.53. The zero-order valence-corrected chi connectivity index (χ0v) is 17.6. The van der Waals surface area contributed by atoms with Crippen LogP contribution in [0.15, 0.2) is 71.8 Å². The SMILES string of the molecule is CNC(=O)c1cc(Oc2ccc(NC(=O)Nc3ccc(S(F)(F)(F)(F)F)cc3)cc2)ccn1. The van der Waals surface area contributed by atoms with Gasteiger partial charge in [-0.05, 0) is 54.6 Å². The Kier molecular flexibility index (Phi) is 5.71. The molecule has 0 aliphatic carbocycles. The number of amides is 3. The molecule has 0 aliphatic rings. The van der Waals surface area contributed by atoms with Crippen molar-refractivity contribution in [3.05, 3.63) is 72.6 Å². The van der Waals surface area contributed by atoms with Gasteiger partial charge in [-0.3, -0.25) is 9.78 Å². The second kappa shape index (κ2) is 7.92. The van der Waals surface area contributed by atoms with Gasteiger partial charge >= 0.3 is 16.3 Å². The number of benzene rings is 2. The molecule has 33 heavy (non-hydrogen) atoms. The Hall–Kier alpha value is -3.87. The average Bonchev–Trinajstić information content (AvgIpc) is 2.73. The third kappa shape index (κ3) is 6.55. The van der Waals surface area contributed by atoms with Gasteiger partial charge in [0.05, 0.1) is 0 Å². The highest BCUT2D eigenvalue weighted by Crippen LogP contribution is 3.02. The number of carbonyl (C=O) groups is 2. The molecule has 3 aromatic rings. The molecule has 0 spiro atoms. The van der Waals surface area contributed by atoms with Gasteiger partial charge in [0, 0.05) is 30.7 Å². The van der Waals surface area contributed by atoms with Crippen molar-refractivity contribution in [3.8, 4) is 11.5 Å². The van der Waals surface area contributed by atoms with Crippen molar-refractivity contribution >= 4 is 33.5 Å². The first-order valence-corrected chi connectivity index (χ1v) is 11.1. The molecular formula is C20H17F5N4O3S. The van der Waals surface area contributed by atoms with Crippen molar-refractivity contribution in [1.29, 1.82) is 0 Å². The summed E-state index contributed by atoms with van der Waals surface area (Å²) in [4.78, 5) is 25.5. The van der Waals surface area contributed by atoms with E-state index in [-0.39, 0.29) is 29.4 Å². The van der Waals surface area contributed by atoms with Gasteiger partial charge in [-0.2, -0.15) is 0 Å². The number of aromatic nitrogens is 1. The van der Waals surface area contributed by atoms with Crippen molar-refractivity contribution < 1.29 is 33.8 Å². The van der Waals surface area contributed by atoms with E-state index in [2.05, 4.69) is 20.9 Å². The summed E-state index contributed by atoms with van der Waals surface area (Å²) >= 11 is 0. The van der Waals surface area contributed by atoms with Crippen LogP contribution in [0.25, 0.3) is 0 Å². The lowest BCUT2D eigenvalue weighted by molar-refractivity contribution is 0.0957. The standard InChI is InChI=1S/C20H17F5N4O3S/c1-26-19(30)18-12-16(10-11-27-18)32-15-6-2-13(3-7-15)28-20(31)29-14-4-8-17(9-5-14)33(21,22,23,24)25/h2-12H,1H3,(H,26,30)(H2,28,29,31). The molecule has 1 heterocycles. The summed E-state index contributed by atoms with van der Waals surface area (Å²) in [7, 11) is -8.30. The first kappa shape index (κ1) is 23.8. The highest BCUT2D eigenvalue weighted by Gasteiger charge is 2.65. The fourth-order valence-electron chi connectivity index (χ4n) is 2.56. The zero-order valence-electron chi connectivity index (χ0n) is 16.8. The first-order chi connectivity index (χ1) is 15.2. The van der Waals surface area contributed by atoms with E-state index in [1.54, 1.807) is 6.07 Å². The van der Waals surface area contributed by atoms with E-state index in [1.165, 1.54) is 43.6 Å². The Balaban J connectivity index is 1.60. The van der Waals surface area contributed by atoms with Crippen molar-refractivity contribution in [2.24, 2.45) is 0 Å². The molecule has 0 unspecified atom stereocenters. The summed E-state index contributed by atoms with van der Waals surface area (Å²) in [6, 6.07) is 10.1. The van der Waals surface area contributed by atoms with Crippen LogP contribution in [0, 0.1) is 0 Å². The Morgan fingerprint density at radius 1 is 0.818 bits per heavy atom. The van der Waals surface area contributed by atoms with E-state index in [0.29, 0.717) is 17.2 Å². The molecule has 13 heteroatoms. The second-order valence-corrected chi connectivity index (χ2v) is 9.06. The van der Waals surface area contributed by atoms with Gasteiger partial charge in [-0.1, -0.05) is 19.4 Å². The number of anilines is 2. The minimum Gasteiger partial charge on any atom is -0.457 e. The third-order valence-corrected chi connectivity index (χ3v) is 5.26. The second-order valence-electron chi connectivity index (χ2n) is 6.65. The fraction of sp³-hybridized carbons (Fsp3) is 0.0500. The number of carbonyl (C=O) groups excluding carboxylic acids is 2. The van der Waals surface area contributed by atoms with E-state index in [9.17, 15) is 29.0 Å². The molecule has 3 N–H and O–H groups in total. The van der Waals surface area contributed by atoms with Crippen LogP contribution < -0.4 is 20.7 Å². The van der Waals surface area contributed by atoms with Gasteiger partial charge in [0.25, 0.3) is 5.91 Å². The summed E-state index contributed by atoms with van der Waals surface area (Å²) in [6.45, 7) is 0. The number of rotatable bonds is 6. The molecule has 0 saturated heterocycles. The normalized spacial score (nSPS) is 13.3. The molecular weight excluding hydrogens is 471 g/mol. The number of hydrogen-bond acceptors (Lipinski definition) is 4. The summed E-state index contributed by atoms with van der Waals surface area (Å²) < 4.78 is 69.3. The Morgan fingerprint density at radius 3 is 1.88 bits per heavy atom. The predicted molar refractivity (Wildman–Crippen MR) is 115 cm³/mol. The Bertz CT molecular complexity index is 1190. The molecule has 2 aromatic carbocycles. The van der Waals surface area contributed by atoms with E-state index in [0.717, 1.165) is 12.1 Å². The quantitative estimate of drug-likeness (QED) is 0.344. The van der Waals surface area contributed by atoms with Crippen LogP contribution in [0.2, 0.25) is 0 Å². The van der Waals surface area contributed by atoms with Crippen LogP contribution in [-0.2, 0) is 0 Å². The lowest BCUT2D eigenvalue weighted by atomic mass is 10.3. The maximum atomic E-state index is 12.7. The van der Waals surface area contributed by atoms with Crippen LogP contribution in [-0.4, -0.2) is 24.0 Å². The molecule has 0 bridgehead atoms. The molecule has 176 valence electrons. The first-order valence-electron chi connectivity index (χ1n) is 9.12. The Morgan fingerprint density at radius 2 is 1.36 bits per heavy atom. The van der Waals surface area contributed by atoms with Crippen molar-refractivity contribution in [2.75, 3.05) is 17.7 Å². The maximum Gasteiger partial charge on any atom is 0.323 e. The van der Waals surface area contributed by atoms with Crippen LogP contribution in [0.4, 0.5) is 35.6 Å². The smallest absolute Gasteiger partial charge is 0.323 e. The minimum absolute atomic E-state index is 0.109. The van der Waals surface area contributed by atoms with Gasteiger partial charge in [0.2, 0.25) is 0 Å². The van der Waals surface area contributed by atoms with Crippen molar-refractivity contribution in [1.82, 2.24) is 10.3 Å². The molecule has 0 saturated carbocycles. The molecule has 0 atom stereocenters. The van der Waals surface area contributed by atoms with E-state index >= 15 is 0 Å². The van der Waals surface area contributed by atoms with Gasteiger partial charge in [-0.25, -0.2) is 4.79 Å². The van der Waals surface area contributed by atoms with Crippen molar-refractivity contribution in [2.45, 2.75) is 4.90 Å². The van der Waals surface area contributed by atoms with Crippen LogP contribution in [0.3, 0.4) is 0 Å². The fourth-order valence-corrected chi connectivity index (χ4v) is 3.21. The topological polar surface area (TPSA) is 92.4 Å². The lowest BCUT2D eigenvalue weighted by Gasteiger charge is -2.40. The van der Waals surface area contributed by atoms with E-state index < -0.39 is 21.2 Å². The number of hydrogen-bond donors (Lipinski definition) is 3. The van der Waals surface area contributed by atoms with Crippen LogP contribution in [0.5, 0.6) is 11.5 Å². The molecule has 0 radical (unpaired) electrons. The summed E-state index contributed by atoms with van der Waals surface area (Å²) in [5.74, 6) is 0.368. The average molecular weight is 488 g/mol. The van der Waals surface area contributed by atoms with E-state index in [1.807, 2.05) is 0 Å². The molecule has 0 fully saturated rings. The zero-order chi connectivity index (χ0) is 24.3. The van der Waals surface area contributed by atoms with Gasteiger partial charge < -0.3 is 20.7 Å². The minimum atomic E-state index is -9.77. The van der Waals surface area contributed by atoms with Gasteiger partial charge in [0.1, 0.15) is 22.1 Å². The Labute approximate surface area is 184 Å². The van der Waals surface area contributed by atoms with Crippen LogP contribution >= 0.6 is 10.2 Å². The molecule has 3 rings (SSSR count). The molecule has 3 amide bonds. The summed E-state index contributed by atoms with van der Waals surface area (Å²) in [6.07, 6.45) is 1.41. The number of urea groups is 1. The number of ether oxygens (including phenoxy) is 1. The van der Waals surface area contributed by atoms with Crippen molar-refractivity contribution in [3.63, 3.8) is 0 Å². The number of nitrogens with zero attached hydrogens (tertiary/aromatic N) is 1. The van der Waals surface area contributed by atoms with E-state index in [4.69, 9.17) is 4.74 Å². The molecule has 7 nitrogen and oxygen atoms in total. The summed E-state index contributed by atoms with van der Waals surface area (Å²) in [5, 5.41) is 7.13. The van der Waals surface area contributed by atoms with Gasteiger partial charge in [0.15, 0.2) is 0 Å². The lowest BCUT2D eigenvalue weighted by Crippen LogP contribution is -2.19. The number of halogens is 5. The number of pyridine rings is 1. The maximum absolute atomic E-state index is 12.7.